The number of imidazole rings is 1. The lowest BCUT2D eigenvalue weighted by atomic mass is 10.1. The molecule has 0 radical (unpaired) electrons. The standard InChI is InChI=1S/C13H12FN3O2/c14-9-1-2-11(18)10(7-9)13(19)17-6-5-16-4-3-15-12(16)8-17/h1-4,7,18H,5-6,8H2. The summed E-state index contributed by atoms with van der Waals surface area (Å²) in [5, 5.41) is 9.66. The average molecular weight is 261 g/mol. The molecule has 98 valence electrons. The lowest BCUT2D eigenvalue weighted by Crippen LogP contribution is -2.38. The van der Waals surface area contributed by atoms with Gasteiger partial charge in [-0.25, -0.2) is 9.37 Å². The van der Waals surface area contributed by atoms with Crippen LogP contribution in [0.5, 0.6) is 5.75 Å². The molecule has 6 heteroatoms. The van der Waals surface area contributed by atoms with Crippen molar-refractivity contribution in [1.82, 2.24) is 14.5 Å². The first-order valence-corrected chi connectivity index (χ1v) is 5.93. The number of hydrogen-bond acceptors (Lipinski definition) is 3. The summed E-state index contributed by atoms with van der Waals surface area (Å²) in [5.74, 6) is -0.346. The van der Waals surface area contributed by atoms with E-state index >= 15 is 0 Å². The fraction of sp³-hybridized carbons (Fsp3) is 0.231. The Kier molecular flexibility index (Phi) is 2.70. The van der Waals surface area contributed by atoms with E-state index in [1.54, 1.807) is 11.1 Å². The van der Waals surface area contributed by atoms with Gasteiger partial charge in [0.1, 0.15) is 17.4 Å². The van der Waals surface area contributed by atoms with Gasteiger partial charge < -0.3 is 14.6 Å². The minimum atomic E-state index is -0.542. The van der Waals surface area contributed by atoms with Gasteiger partial charge in [-0.1, -0.05) is 0 Å². The van der Waals surface area contributed by atoms with Crippen LogP contribution in [0.2, 0.25) is 0 Å². The minimum absolute atomic E-state index is 0.0139. The second-order valence-electron chi connectivity index (χ2n) is 4.43. The van der Waals surface area contributed by atoms with Crippen molar-refractivity contribution in [3.63, 3.8) is 0 Å². The molecule has 1 amide bonds. The van der Waals surface area contributed by atoms with Gasteiger partial charge in [-0.15, -0.1) is 0 Å². The van der Waals surface area contributed by atoms with Gasteiger partial charge in [0.05, 0.1) is 12.1 Å². The number of amides is 1. The van der Waals surface area contributed by atoms with Crippen LogP contribution in [0, 0.1) is 5.82 Å². The van der Waals surface area contributed by atoms with Gasteiger partial charge in [-0.05, 0) is 18.2 Å². The molecule has 2 heterocycles. The first kappa shape index (κ1) is 11.7. The van der Waals surface area contributed by atoms with E-state index in [-0.39, 0.29) is 17.2 Å². The van der Waals surface area contributed by atoms with Crippen LogP contribution in [0.3, 0.4) is 0 Å². The van der Waals surface area contributed by atoms with Crippen LogP contribution in [0.15, 0.2) is 30.6 Å². The Morgan fingerprint density at radius 2 is 2.21 bits per heavy atom. The van der Waals surface area contributed by atoms with Crippen LogP contribution in [0.4, 0.5) is 4.39 Å². The van der Waals surface area contributed by atoms with Crippen molar-refractivity contribution in [3.8, 4) is 5.75 Å². The molecule has 1 aromatic heterocycles. The smallest absolute Gasteiger partial charge is 0.258 e. The molecule has 2 aromatic rings. The molecule has 5 nitrogen and oxygen atoms in total. The van der Waals surface area contributed by atoms with E-state index in [0.29, 0.717) is 19.6 Å². The third-order valence-electron chi connectivity index (χ3n) is 3.22. The summed E-state index contributed by atoms with van der Waals surface area (Å²) in [6.07, 6.45) is 3.54. The maximum Gasteiger partial charge on any atom is 0.258 e. The highest BCUT2D eigenvalue weighted by molar-refractivity contribution is 5.96. The van der Waals surface area contributed by atoms with E-state index in [1.807, 2.05) is 10.8 Å². The summed E-state index contributed by atoms with van der Waals surface area (Å²) >= 11 is 0. The molecule has 1 N–H and O–H groups in total. The molecule has 0 saturated heterocycles. The minimum Gasteiger partial charge on any atom is -0.507 e. The van der Waals surface area contributed by atoms with Crippen molar-refractivity contribution >= 4 is 5.91 Å². The molecule has 0 unspecified atom stereocenters. The number of rotatable bonds is 1. The van der Waals surface area contributed by atoms with E-state index in [2.05, 4.69) is 4.98 Å². The maximum absolute atomic E-state index is 13.2. The van der Waals surface area contributed by atoms with Crippen LogP contribution < -0.4 is 0 Å². The van der Waals surface area contributed by atoms with E-state index in [0.717, 1.165) is 18.0 Å². The molecule has 0 aliphatic carbocycles. The summed E-state index contributed by atoms with van der Waals surface area (Å²) < 4.78 is 15.1. The monoisotopic (exact) mass is 261 g/mol. The lowest BCUT2D eigenvalue weighted by Gasteiger charge is -2.27. The lowest BCUT2D eigenvalue weighted by molar-refractivity contribution is 0.0704. The zero-order valence-electron chi connectivity index (χ0n) is 10.1. The molecule has 19 heavy (non-hydrogen) atoms. The summed E-state index contributed by atoms with van der Waals surface area (Å²) in [7, 11) is 0. The number of benzene rings is 1. The normalized spacial score (nSPS) is 14.3. The average Bonchev–Trinajstić information content (AvgIpc) is 2.88. The number of carbonyl (C=O) groups excluding carboxylic acids is 1. The second-order valence-corrected chi connectivity index (χ2v) is 4.43. The van der Waals surface area contributed by atoms with E-state index in [4.69, 9.17) is 0 Å². The molecule has 0 atom stereocenters. The topological polar surface area (TPSA) is 58.4 Å². The summed E-state index contributed by atoms with van der Waals surface area (Å²) in [6, 6.07) is 3.36. The van der Waals surface area contributed by atoms with Crippen molar-refractivity contribution in [2.24, 2.45) is 0 Å². The van der Waals surface area contributed by atoms with Crippen LogP contribution in [0.1, 0.15) is 16.2 Å². The van der Waals surface area contributed by atoms with Gasteiger partial charge >= 0.3 is 0 Å². The fourth-order valence-corrected chi connectivity index (χ4v) is 2.20. The Bertz CT molecular complexity index is 639. The van der Waals surface area contributed by atoms with Gasteiger partial charge in [0, 0.05) is 25.5 Å². The predicted molar refractivity (Wildman–Crippen MR) is 65.0 cm³/mol. The Labute approximate surface area is 108 Å². The SMILES string of the molecule is O=C(c1cc(F)ccc1O)N1CCn2ccnc2C1. The molecule has 1 aliphatic heterocycles. The fourth-order valence-electron chi connectivity index (χ4n) is 2.20. The van der Waals surface area contributed by atoms with E-state index < -0.39 is 5.82 Å². The van der Waals surface area contributed by atoms with Crippen LogP contribution in [0.25, 0.3) is 0 Å². The van der Waals surface area contributed by atoms with Gasteiger partial charge in [0.15, 0.2) is 0 Å². The number of hydrogen-bond donors (Lipinski definition) is 1. The van der Waals surface area contributed by atoms with Crippen LogP contribution in [-0.4, -0.2) is 32.0 Å². The number of aromatic nitrogens is 2. The molecule has 0 spiro atoms. The molecule has 1 aromatic carbocycles. The number of carbonyl (C=O) groups is 1. The van der Waals surface area contributed by atoms with Crippen LogP contribution >= 0.6 is 0 Å². The van der Waals surface area contributed by atoms with Gasteiger partial charge in [-0.2, -0.15) is 0 Å². The summed E-state index contributed by atoms with van der Waals surface area (Å²) in [6.45, 7) is 1.52. The van der Waals surface area contributed by atoms with Crippen molar-refractivity contribution in [2.45, 2.75) is 13.1 Å². The van der Waals surface area contributed by atoms with Crippen molar-refractivity contribution in [3.05, 3.63) is 47.8 Å². The molecular formula is C13H12FN3O2. The Hall–Kier alpha value is -2.37. The van der Waals surface area contributed by atoms with Gasteiger partial charge in [0.25, 0.3) is 5.91 Å². The molecule has 1 aliphatic rings. The zero-order valence-corrected chi connectivity index (χ0v) is 10.1. The summed E-state index contributed by atoms with van der Waals surface area (Å²) in [4.78, 5) is 18.0. The van der Waals surface area contributed by atoms with E-state index in [1.165, 1.54) is 6.07 Å². The van der Waals surface area contributed by atoms with Crippen molar-refractivity contribution < 1.29 is 14.3 Å². The highest BCUT2D eigenvalue weighted by Gasteiger charge is 2.24. The molecule has 0 bridgehead atoms. The number of halogens is 1. The number of fused-ring (bicyclic) bond motifs is 1. The zero-order chi connectivity index (χ0) is 13.4. The largest absolute Gasteiger partial charge is 0.507 e. The first-order chi connectivity index (χ1) is 9.15. The molecule has 0 saturated carbocycles. The first-order valence-electron chi connectivity index (χ1n) is 5.93. The van der Waals surface area contributed by atoms with Crippen molar-refractivity contribution in [1.29, 1.82) is 0 Å². The van der Waals surface area contributed by atoms with Gasteiger partial charge in [0.2, 0.25) is 0 Å². The highest BCUT2D eigenvalue weighted by atomic mass is 19.1. The Morgan fingerprint density at radius 1 is 1.37 bits per heavy atom. The number of aromatic hydroxyl groups is 1. The predicted octanol–water partition coefficient (Wildman–Crippen LogP) is 1.38. The highest BCUT2D eigenvalue weighted by Crippen LogP contribution is 2.22. The number of phenolic OH excluding ortho intramolecular Hbond substituents is 1. The Morgan fingerprint density at radius 3 is 3.05 bits per heavy atom. The number of phenols is 1. The Balaban J connectivity index is 1.87. The van der Waals surface area contributed by atoms with Gasteiger partial charge in [-0.3, -0.25) is 4.79 Å². The number of nitrogens with zero attached hydrogens (tertiary/aromatic N) is 3. The summed E-state index contributed by atoms with van der Waals surface area (Å²) in [5.41, 5.74) is -0.0139. The third-order valence-corrected chi connectivity index (χ3v) is 3.22. The van der Waals surface area contributed by atoms with Crippen molar-refractivity contribution in [2.75, 3.05) is 6.54 Å². The van der Waals surface area contributed by atoms with Crippen LogP contribution in [-0.2, 0) is 13.1 Å². The molecular weight excluding hydrogens is 249 g/mol. The maximum atomic E-state index is 13.2. The molecule has 3 rings (SSSR count). The second kappa shape index (κ2) is 4.38. The third kappa shape index (κ3) is 2.05. The molecule has 0 fully saturated rings. The van der Waals surface area contributed by atoms with E-state index in [9.17, 15) is 14.3 Å². The quantitative estimate of drug-likeness (QED) is 0.843.